The van der Waals surface area contributed by atoms with Gasteiger partial charge in [0, 0.05) is 12.0 Å². The van der Waals surface area contributed by atoms with Gasteiger partial charge in [-0.1, -0.05) is 41.0 Å². The van der Waals surface area contributed by atoms with E-state index in [-0.39, 0.29) is 24.3 Å². The van der Waals surface area contributed by atoms with Crippen molar-refractivity contribution in [3.8, 4) is 0 Å². The zero-order valence-corrected chi connectivity index (χ0v) is 13.8. The molecule has 0 rings (SSSR count). The first-order valence-electron chi connectivity index (χ1n) is 7.23. The van der Waals surface area contributed by atoms with Gasteiger partial charge in [-0.2, -0.15) is 0 Å². The molecule has 0 bridgehead atoms. The molecule has 0 aliphatic heterocycles. The molecule has 3 atom stereocenters. The Morgan fingerprint density at radius 2 is 1.65 bits per heavy atom. The zero-order chi connectivity index (χ0) is 16.1. The second-order valence-corrected chi connectivity index (χ2v) is 6.83. The number of hydrogen-bond donors (Lipinski definition) is 3. The fourth-order valence-corrected chi connectivity index (χ4v) is 1.51. The first-order chi connectivity index (χ1) is 8.91. The summed E-state index contributed by atoms with van der Waals surface area (Å²) in [5.74, 6) is -0.373. The van der Waals surface area contributed by atoms with Crippen LogP contribution in [0.4, 0.5) is 0 Å². The zero-order valence-electron chi connectivity index (χ0n) is 13.8. The van der Waals surface area contributed by atoms with Gasteiger partial charge < -0.3 is 15.7 Å². The first kappa shape index (κ1) is 18.9. The highest BCUT2D eigenvalue weighted by Gasteiger charge is 2.29. The Bertz CT molecular complexity index is 346. The Morgan fingerprint density at radius 1 is 1.15 bits per heavy atom. The molecule has 0 heterocycles. The molecular weight excluding hydrogens is 256 g/mol. The highest BCUT2D eigenvalue weighted by molar-refractivity contribution is 5.89. The van der Waals surface area contributed by atoms with E-state index in [1.165, 1.54) is 0 Å². The molecule has 0 fully saturated rings. The van der Waals surface area contributed by atoms with E-state index in [0.717, 1.165) is 6.42 Å². The minimum absolute atomic E-state index is 0.0854. The maximum absolute atomic E-state index is 11.9. The van der Waals surface area contributed by atoms with Gasteiger partial charge in [-0.05, 0) is 19.8 Å². The van der Waals surface area contributed by atoms with Crippen molar-refractivity contribution in [2.24, 2.45) is 11.3 Å². The second-order valence-electron chi connectivity index (χ2n) is 6.83. The summed E-state index contributed by atoms with van der Waals surface area (Å²) >= 11 is 0. The second kappa shape index (κ2) is 7.07. The van der Waals surface area contributed by atoms with Gasteiger partial charge in [-0.25, -0.2) is 0 Å². The molecule has 3 N–H and O–H groups in total. The Balaban J connectivity index is 4.39. The molecule has 0 aromatic rings. The van der Waals surface area contributed by atoms with Crippen molar-refractivity contribution in [2.45, 2.75) is 66.5 Å². The number of carbonyl (C=O) groups excluding carboxylic acids is 2. The fraction of sp³-hybridized carbons (Fsp3) is 0.867. The van der Waals surface area contributed by atoms with Crippen LogP contribution in [0.3, 0.4) is 0 Å². The average Bonchev–Trinajstić information content (AvgIpc) is 2.33. The number of hydrogen-bond acceptors (Lipinski definition) is 3. The molecule has 3 unspecified atom stereocenters. The van der Waals surface area contributed by atoms with Gasteiger partial charge in [-0.3, -0.25) is 9.59 Å². The summed E-state index contributed by atoms with van der Waals surface area (Å²) in [6.45, 7) is 12.8. The van der Waals surface area contributed by atoms with Crippen LogP contribution in [-0.4, -0.2) is 35.1 Å². The Hall–Kier alpha value is -1.10. The van der Waals surface area contributed by atoms with Gasteiger partial charge in [0.25, 0.3) is 0 Å². The molecule has 0 spiro atoms. The molecule has 0 aliphatic rings. The third kappa shape index (κ3) is 5.90. The first-order valence-corrected chi connectivity index (χ1v) is 7.23. The van der Waals surface area contributed by atoms with Gasteiger partial charge in [0.05, 0.1) is 5.60 Å². The van der Waals surface area contributed by atoms with E-state index >= 15 is 0 Å². The van der Waals surface area contributed by atoms with E-state index in [2.05, 4.69) is 10.6 Å². The predicted molar refractivity (Wildman–Crippen MR) is 80.1 cm³/mol. The number of amides is 2. The Morgan fingerprint density at radius 3 is 2.05 bits per heavy atom. The average molecular weight is 286 g/mol. The van der Waals surface area contributed by atoms with Crippen LogP contribution in [-0.2, 0) is 9.59 Å². The Labute approximate surface area is 122 Å². The number of nitrogens with one attached hydrogen (secondary N) is 2. The van der Waals surface area contributed by atoms with E-state index in [9.17, 15) is 14.7 Å². The SMILES string of the molecule is CCC(C)C(C)(O)CNC(=O)C(C)NC(=O)C(C)(C)C. The van der Waals surface area contributed by atoms with E-state index in [4.69, 9.17) is 0 Å². The largest absolute Gasteiger partial charge is 0.388 e. The predicted octanol–water partition coefficient (Wildman–Crippen LogP) is 1.45. The maximum Gasteiger partial charge on any atom is 0.242 e. The van der Waals surface area contributed by atoms with Crippen molar-refractivity contribution in [3.63, 3.8) is 0 Å². The van der Waals surface area contributed by atoms with Crippen molar-refractivity contribution in [1.29, 1.82) is 0 Å². The molecule has 0 saturated heterocycles. The van der Waals surface area contributed by atoms with Crippen molar-refractivity contribution in [2.75, 3.05) is 6.54 Å². The molecule has 0 aliphatic carbocycles. The van der Waals surface area contributed by atoms with Crippen molar-refractivity contribution < 1.29 is 14.7 Å². The number of carbonyl (C=O) groups is 2. The van der Waals surface area contributed by atoms with E-state index in [1.807, 2.05) is 13.8 Å². The minimum Gasteiger partial charge on any atom is -0.388 e. The lowest BCUT2D eigenvalue weighted by atomic mass is 9.88. The summed E-state index contributed by atoms with van der Waals surface area (Å²) in [4.78, 5) is 23.7. The van der Waals surface area contributed by atoms with Crippen LogP contribution in [0.25, 0.3) is 0 Å². The third-order valence-electron chi connectivity index (χ3n) is 3.72. The smallest absolute Gasteiger partial charge is 0.242 e. The summed E-state index contributed by atoms with van der Waals surface area (Å²) < 4.78 is 0. The quantitative estimate of drug-likeness (QED) is 0.691. The number of aliphatic hydroxyl groups is 1. The van der Waals surface area contributed by atoms with Crippen LogP contribution >= 0.6 is 0 Å². The highest BCUT2D eigenvalue weighted by atomic mass is 16.3. The molecular formula is C15H30N2O3. The van der Waals surface area contributed by atoms with Gasteiger partial charge in [0.15, 0.2) is 0 Å². The molecule has 0 aromatic heterocycles. The summed E-state index contributed by atoms with van der Waals surface area (Å²) in [5.41, 5.74) is -1.48. The van der Waals surface area contributed by atoms with Gasteiger partial charge >= 0.3 is 0 Å². The molecule has 0 radical (unpaired) electrons. The van der Waals surface area contributed by atoms with Crippen LogP contribution in [0.1, 0.15) is 54.9 Å². The molecule has 118 valence electrons. The van der Waals surface area contributed by atoms with Crippen molar-refractivity contribution in [1.82, 2.24) is 10.6 Å². The monoisotopic (exact) mass is 286 g/mol. The lowest BCUT2D eigenvalue weighted by Gasteiger charge is -2.30. The third-order valence-corrected chi connectivity index (χ3v) is 3.72. The topological polar surface area (TPSA) is 78.4 Å². The lowest BCUT2D eigenvalue weighted by Crippen LogP contribution is -2.52. The lowest BCUT2D eigenvalue weighted by molar-refractivity contribution is -0.133. The summed E-state index contributed by atoms with van der Waals surface area (Å²) in [6, 6.07) is -0.616. The summed E-state index contributed by atoms with van der Waals surface area (Å²) in [5, 5.41) is 15.6. The molecule has 5 heteroatoms. The van der Waals surface area contributed by atoms with E-state index < -0.39 is 17.1 Å². The van der Waals surface area contributed by atoms with Crippen LogP contribution in [0.5, 0.6) is 0 Å². The maximum atomic E-state index is 11.9. The van der Waals surface area contributed by atoms with Crippen molar-refractivity contribution >= 4 is 11.8 Å². The van der Waals surface area contributed by atoms with Crippen LogP contribution in [0, 0.1) is 11.3 Å². The van der Waals surface area contributed by atoms with E-state index in [1.54, 1.807) is 34.6 Å². The van der Waals surface area contributed by atoms with Gasteiger partial charge in [0.2, 0.25) is 11.8 Å². The molecule has 0 saturated carbocycles. The Kier molecular flexibility index (Phi) is 6.68. The molecule has 20 heavy (non-hydrogen) atoms. The van der Waals surface area contributed by atoms with Gasteiger partial charge in [0.1, 0.15) is 6.04 Å². The van der Waals surface area contributed by atoms with Crippen molar-refractivity contribution in [3.05, 3.63) is 0 Å². The highest BCUT2D eigenvalue weighted by Crippen LogP contribution is 2.18. The van der Waals surface area contributed by atoms with Crippen LogP contribution < -0.4 is 10.6 Å². The molecule has 5 nitrogen and oxygen atoms in total. The summed E-state index contributed by atoms with van der Waals surface area (Å²) in [7, 11) is 0. The van der Waals surface area contributed by atoms with Crippen LogP contribution in [0.15, 0.2) is 0 Å². The minimum atomic E-state index is -0.946. The number of rotatable bonds is 6. The standard InChI is InChI=1S/C15H30N2O3/c1-8-10(2)15(7,20)9-16-12(18)11(3)17-13(19)14(4,5)6/h10-11,20H,8-9H2,1-7H3,(H,16,18)(H,17,19). The summed E-state index contributed by atoms with van der Waals surface area (Å²) in [6.07, 6.45) is 0.833. The molecule has 2 amide bonds. The van der Waals surface area contributed by atoms with E-state index in [0.29, 0.717) is 0 Å². The van der Waals surface area contributed by atoms with Crippen LogP contribution in [0.2, 0.25) is 0 Å². The normalized spacial score (nSPS) is 17.8. The van der Waals surface area contributed by atoms with Gasteiger partial charge in [-0.15, -0.1) is 0 Å². The molecule has 0 aromatic carbocycles. The fourth-order valence-electron chi connectivity index (χ4n) is 1.51.